The van der Waals surface area contributed by atoms with Crippen LogP contribution in [0.25, 0.3) is 10.8 Å². The summed E-state index contributed by atoms with van der Waals surface area (Å²) in [6, 6.07) is 14.1. The second-order valence-electron chi connectivity index (χ2n) is 4.89. The van der Waals surface area contributed by atoms with Crippen molar-refractivity contribution in [2.45, 2.75) is 25.9 Å². The van der Waals surface area contributed by atoms with Crippen LogP contribution in [0.4, 0.5) is 0 Å². The van der Waals surface area contributed by atoms with Crippen LogP contribution in [0.1, 0.15) is 18.9 Å². The fourth-order valence-electron chi connectivity index (χ4n) is 2.15. The predicted octanol–water partition coefficient (Wildman–Crippen LogP) is 2.54. The molecule has 0 aliphatic rings. The number of fused-ring (bicyclic) bond motifs is 1. The highest BCUT2D eigenvalue weighted by Gasteiger charge is 2.16. The molecule has 0 aromatic heterocycles. The van der Waals surface area contributed by atoms with Crippen molar-refractivity contribution >= 4 is 16.7 Å². The van der Waals surface area contributed by atoms with Crippen LogP contribution in [0.2, 0.25) is 0 Å². The first-order valence-electron chi connectivity index (χ1n) is 6.60. The van der Waals surface area contributed by atoms with Gasteiger partial charge in [-0.15, -0.1) is 0 Å². The molecule has 2 N–H and O–H groups in total. The fraction of sp³-hybridized carbons (Fsp3) is 0.312. The van der Waals surface area contributed by atoms with E-state index in [-0.39, 0.29) is 5.91 Å². The van der Waals surface area contributed by atoms with Gasteiger partial charge in [0, 0.05) is 13.6 Å². The van der Waals surface area contributed by atoms with Crippen LogP contribution in [0, 0.1) is 0 Å². The lowest BCUT2D eigenvalue weighted by atomic mass is 10.1. The molecule has 3 heteroatoms. The molecule has 0 heterocycles. The van der Waals surface area contributed by atoms with Crippen molar-refractivity contribution in [3.05, 3.63) is 48.0 Å². The SMILES string of the molecule is CC[C@H](N)C(=O)N(C)Cc1ccc2ccccc2c1. The quantitative estimate of drug-likeness (QED) is 0.913. The molecular weight excluding hydrogens is 236 g/mol. The second kappa shape index (κ2) is 5.85. The van der Waals surface area contributed by atoms with Gasteiger partial charge in [0.2, 0.25) is 5.91 Å². The van der Waals surface area contributed by atoms with Crippen molar-refractivity contribution in [3.63, 3.8) is 0 Å². The zero-order chi connectivity index (χ0) is 13.8. The maximum atomic E-state index is 11.9. The van der Waals surface area contributed by atoms with Crippen LogP contribution in [-0.4, -0.2) is 23.9 Å². The summed E-state index contributed by atoms with van der Waals surface area (Å²) in [5.41, 5.74) is 6.89. The molecule has 0 aliphatic heterocycles. The molecule has 0 radical (unpaired) electrons. The van der Waals surface area contributed by atoms with Crippen molar-refractivity contribution in [2.24, 2.45) is 5.73 Å². The molecule has 2 aromatic rings. The molecule has 19 heavy (non-hydrogen) atoms. The first-order valence-corrected chi connectivity index (χ1v) is 6.60. The first kappa shape index (κ1) is 13.6. The molecule has 3 nitrogen and oxygen atoms in total. The van der Waals surface area contributed by atoms with Crippen LogP contribution in [0.15, 0.2) is 42.5 Å². The molecule has 0 saturated heterocycles. The average molecular weight is 256 g/mol. The smallest absolute Gasteiger partial charge is 0.239 e. The summed E-state index contributed by atoms with van der Waals surface area (Å²) < 4.78 is 0. The third-order valence-electron chi connectivity index (χ3n) is 3.37. The zero-order valence-corrected chi connectivity index (χ0v) is 11.5. The third kappa shape index (κ3) is 3.12. The lowest BCUT2D eigenvalue weighted by Gasteiger charge is -2.20. The van der Waals surface area contributed by atoms with Crippen LogP contribution in [-0.2, 0) is 11.3 Å². The Bertz CT molecular complexity index is 580. The van der Waals surface area contributed by atoms with Gasteiger partial charge in [0.15, 0.2) is 0 Å². The highest BCUT2D eigenvalue weighted by Crippen LogP contribution is 2.16. The minimum absolute atomic E-state index is 0.00402. The Labute approximate surface area is 114 Å². The molecule has 0 bridgehead atoms. The Balaban J connectivity index is 2.15. The molecule has 0 saturated carbocycles. The monoisotopic (exact) mass is 256 g/mol. The van der Waals surface area contributed by atoms with Gasteiger partial charge in [-0.3, -0.25) is 4.79 Å². The molecule has 0 aliphatic carbocycles. The van der Waals surface area contributed by atoms with Gasteiger partial charge in [-0.25, -0.2) is 0 Å². The summed E-state index contributed by atoms with van der Waals surface area (Å²) in [7, 11) is 1.80. The van der Waals surface area contributed by atoms with E-state index in [1.807, 2.05) is 19.1 Å². The van der Waals surface area contributed by atoms with Crippen LogP contribution in [0.5, 0.6) is 0 Å². The fourth-order valence-corrected chi connectivity index (χ4v) is 2.15. The Hall–Kier alpha value is -1.87. The molecule has 0 unspecified atom stereocenters. The molecule has 2 rings (SSSR count). The highest BCUT2D eigenvalue weighted by atomic mass is 16.2. The third-order valence-corrected chi connectivity index (χ3v) is 3.37. The molecule has 0 spiro atoms. The Morgan fingerprint density at radius 2 is 1.89 bits per heavy atom. The van der Waals surface area contributed by atoms with Gasteiger partial charge >= 0.3 is 0 Å². The number of nitrogens with zero attached hydrogens (tertiary/aromatic N) is 1. The van der Waals surface area contributed by atoms with Crippen molar-refractivity contribution < 1.29 is 4.79 Å². The largest absolute Gasteiger partial charge is 0.340 e. The van der Waals surface area contributed by atoms with Gasteiger partial charge < -0.3 is 10.6 Å². The average Bonchev–Trinajstić information content (AvgIpc) is 2.45. The summed E-state index contributed by atoms with van der Waals surface area (Å²) in [5.74, 6) is -0.00402. The number of likely N-dealkylation sites (N-methyl/N-ethyl adjacent to an activating group) is 1. The van der Waals surface area contributed by atoms with Crippen molar-refractivity contribution in [3.8, 4) is 0 Å². The van der Waals surface area contributed by atoms with Gasteiger partial charge in [-0.2, -0.15) is 0 Å². The van der Waals surface area contributed by atoms with E-state index in [1.54, 1.807) is 11.9 Å². The Morgan fingerprint density at radius 3 is 2.58 bits per heavy atom. The number of carbonyl (C=O) groups excluding carboxylic acids is 1. The van der Waals surface area contributed by atoms with E-state index in [9.17, 15) is 4.79 Å². The zero-order valence-electron chi connectivity index (χ0n) is 11.5. The second-order valence-corrected chi connectivity index (χ2v) is 4.89. The van der Waals surface area contributed by atoms with Crippen LogP contribution < -0.4 is 5.73 Å². The van der Waals surface area contributed by atoms with Gasteiger partial charge in [0.25, 0.3) is 0 Å². The van der Waals surface area contributed by atoms with E-state index in [0.717, 1.165) is 5.56 Å². The minimum Gasteiger partial charge on any atom is -0.340 e. The number of hydrogen-bond donors (Lipinski definition) is 1. The van der Waals surface area contributed by atoms with E-state index in [4.69, 9.17) is 5.73 Å². The maximum Gasteiger partial charge on any atom is 0.239 e. The van der Waals surface area contributed by atoms with E-state index < -0.39 is 6.04 Å². The lowest BCUT2D eigenvalue weighted by molar-refractivity contribution is -0.131. The van der Waals surface area contributed by atoms with E-state index >= 15 is 0 Å². The van der Waals surface area contributed by atoms with Crippen LogP contribution >= 0.6 is 0 Å². The van der Waals surface area contributed by atoms with Gasteiger partial charge in [0.05, 0.1) is 6.04 Å². The predicted molar refractivity (Wildman–Crippen MR) is 78.7 cm³/mol. The maximum absolute atomic E-state index is 11.9. The number of nitrogens with two attached hydrogens (primary N) is 1. The molecule has 0 fully saturated rings. The van der Waals surface area contributed by atoms with E-state index in [1.165, 1.54) is 10.8 Å². The standard InChI is InChI=1S/C16H20N2O/c1-3-15(17)16(19)18(2)11-12-8-9-13-6-4-5-7-14(13)10-12/h4-10,15H,3,11,17H2,1-2H3/t15-/m0/s1. The summed E-state index contributed by atoms with van der Waals surface area (Å²) in [5, 5.41) is 2.41. The number of amides is 1. The minimum atomic E-state index is -0.398. The lowest BCUT2D eigenvalue weighted by Crippen LogP contribution is -2.40. The van der Waals surface area contributed by atoms with Crippen molar-refractivity contribution in [2.75, 3.05) is 7.05 Å². The molecule has 100 valence electrons. The molecule has 1 atom stereocenters. The Morgan fingerprint density at radius 1 is 1.21 bits per heavy atom. The van der Waals surface area contributed by atoms with Crippen LogP contribution in [0.3, 0.4) is 0 Å². The number of hydrogen-bond acceptors (Lipinski definition) is 2. The summed E-state index contributed by atoms with van der Waals surface area (Å²) in [6.07, 6.45) is 0.668. The van der Waals surface area contributed by atoms with E-state index in [2.05, 4.69) is 30.3 Å². The topological polar surface area (TPSA) is 46.3 Å². The molecule has 2 aromatic carbocycles. The van der Waals surface area contributed by atoms with Gasteiger partial charge in [0.1, 0.15) is 0 Å². The number of benzene rings is 2. The summed E-state index contributed by atoms with van der Waals surface area (Å²) >= 11 is 0. The number of carbonyl (C=O) groups is 1. The number of rotatable bonds is 4. The highest BCUT2D eigenvalue weighted by molar-refractivity contribution is 5.84. The van der Waals surface area contributed by atoms with Gasteiger partial charge in [-0.05, 0) is 28.8 Å². The van der Waals surface area contributed by atoms with E-state index in [0.29, 0.717) is 13.0 Å². The summed E-state index contributed by atoms with van der Waals surface area (Å²) in [6.45, 7) is 2.52. The normalized spacial score (nSPS) is 12.4. The Kier molecular flexibility index (Phi) is 4.17. The first-order chi connectivity index (χ1) is 9.11. The van der Waals surface area contributed by atoms with Gasteiger partial charge in [-0.1, -0.05) is 43.3 Å². The van der Waals surface area contributed by atoms with Crippen molar-refractivity contribution in [1.29, 1.82) is 0 Å². The molecular formula is C16H20N2O. The summed E-state index contributed by atoms with van der Waals surface area (Å²) in [4.78, 5) is 13.6. The van der Waals surface area contributed by atoms with Crippen molar-refractivity contribution in [1.82, 2.24) is 4.90 Å². The molecule has 1 amide bonds.